The molecule has 0 saturated carbocycles. The highest BCUT2D eigenvalue weighted by molar-refractivity contribution is 7.86. The van der Waals surface area contributed by atoms with E-state index >= 15 is 0 Å². The van der Waals surface area contributed by atoms with Gasteiger partial charge in [0.25, 0.3) is 10.1 Å². The molecule has 5 heteroatoms. The number of aliphatic imine (C=N–C) groups is 1. The standard InChI is InChI=1S/C14H11NO3S/c16-19(17,18)12-9-5-4-8-11(12)14-13(15-14)10-6-2-1-3-7-10/h1-9,13H,(H,16,17,18). The summed E-state index contributed by atoms with van der Waals surface area (Å²) in [7, 11) is -4.22. The molecule has 96 valence electrons. The van der Waals surface area contributed by atoms with E-state index in [4.69, 9.17) is 0 Å². The Kier molecular flexibility index (Phi) is 2.73. The molecule has 2 aromatic rings. The van der Waals surface area contributed by atoms with Gasteiger partial charge in [0.1, 0.15) is 10.9 Å². The Morgan fingerprint density at radius 2 is 1.58 bits per heavy atom. The van der Waals surface area contributed by atoms with Crippen LogP contribution in [-0.4, -0.2) is 18.7 Å². The number of benzene rings is 2. The van der Waals surface area contributed by atoms with E-state index in [0.717, 1.165) is 5.56 Å². The van der Waals surface area contributed by atoms with Crippen molar-refractivity contribution in [1.82, 2.24) is 0 Å². The fourth-order valence-electron chi connectivity index (χ4n) is 2.09. The molecule has 1 unspecified atom stereocenters. The third-order valence-electron chi connectivity index (χ3n) is 3.02. The first-order valence-electron chi connectivity index (χ1n) is 5.77. The van der Waals surface area contributed by atoms with Crippen molar-refractivity contribution in [3.05, 3.63) is 65.7 Å². The van der Waals surface area contributed by atoms with E-state index in [0.29, 0.717) is 11.3 Å². The van der Waals surface area contributed by atoms with Gasteiger partial charge in [-0.15, -0.1) is 0 Å². The summed E-state index contributed by atoms with van der Waals surface area (Å²) >= 11 is 0. The van der Waals surface area contributed by atoms with Crippen LogP contribution in [0.5, 0.6) is 0 Å². The van der Waals surface area contributed by atoms with Crippen molar-refractivity contribution < 1.29 is 13.0 Å². The minimum absolute atomic E-state index is 0.0906. The zero-order valence-electron chi connectivity index (χ0n) is 9.89. The van der Waals surface area contributed by atoms with Gasteiger partial charge < -0.3 is 0 Å². The van der Waals surface area contributed by atoms with Crippen LogP contribution >= 0.6 is 0 Å². The van der Waals surface area contributed by atoms with Crippen LogP contribution in [0.15, 0.2) is 64.5 Å². The molecule has 1 N–H and O–H groups in total. The summed E-state index contributed by atoms with van der Waals surface area (Å²) in [5.41, 5.74) is 2.18. The second-order valence-electron chi connectivity index (χ2n) is 4.30. The maximum atomic E-state index is 11.3. The van der Waals surface area contributed by atoms with Gasteiger partial charge in [-0.3, -0.25) is 9.55 Å². The highest BCUT2D eigenvalue weighted by Gasteiger charge is 2.33. The normalized spacial score (nSPS) is 17.9. The molecule has 1 aliphatic heterocycles. The molecule has 0 saturated heterocycles. The van der Waals surface area contributed by atoms with E-state index in [-0.39, 0.29) is 10.9 Å². The predicted molar refractivity (Wildman–Crippen MR) is 72.0 cm³/mol. The van der Waals surface area contributed by atoms with Gasteiger partial charge in [0, 0.05) is 5.56 Å². The van der Waals surface area contributed by atoms with Gasteiger partial charge in [0.05, 0.1) is 5.71 Å². The van der Waals surface area contributed by atoms with Crippen molar-refractivity contribution in [2.45, 2.75) is 10.9 Å². The molecule has 0 fully saturated rings. The number of rotatable bonds is 3. The minimum atomic E-state index is -4.22. The fraction of sp³-hybridized carbons (Fsp3) is 0.0714. The second-order valence-corrected chi connectivity index (χ2v) is 5.69. The van der Waals surface area contributed by atoms with Crippen LogP contribution in [0, 0.1) is 0 Å². The molecule has 2 aromatic carbocycles. The maximum absolute atomic E-state index is 11.3. The first kappa shape index (κ1) is 12.1. The van der Waals surface area contributed by atoms with Crippen molar-refractivity contribution in [2.24, 2.45) is 4.99 Å². The van der Waals surface area contributed by atoms with E-state index in [1.165, 1.54) is 6.07 Å². The third-order valence-corrected chi connectivity index (χ3v) is 3.93. The Bertz CT molecular complexity index is 751. The highest BCUT2D eigenvalue weighted by atomic mass is 32.2. The molecule has 0 bridgehead atoms. The van der Waals surface area contributed by atoms with E-state index in [1.807, 2.05) is 30.3 Å². The average Bonchev–Trinajstić information content (AvgIpc) is 3.19. The first-order valence-corrected chi connectivity index (χ1v) is 7.21. The Morgan fingerprint density at radius 3 is 2.26 bits per heavy atom. The lowest BCUT2D eigenvalue weighted by molar-refractivity contribution is 0.483. The Balaban J connectivity index is 1.97. The number of hydrogen-bond acceptors (Lipinski definition) is 3. The van der Waals surface area contributed by atoms with Crippen molar-refractivity contribution >= 4 is 15.8 Å². The highest BCUT2D eigenvalue weighted by Crippen LogP contribution is 2.36. The monoisotopic (exact) mass is 273 g/mol. The predicted octanol–water partition coefficient (Wildman–Crippen LogP) is 2.48. The van der Waals surface area contributed by atoms with Crippen molar-refractivity contribution in [2.75, 3.05) is 0 Å². The first-order chi connectivity index (χ1) is 9.07. The quantitative estimate of drug-likeness (QED) is 0.874. The van der Waals surface area contributed by atoms with Crippen LogP contribution in [-0.2, 0) is 10.1 Å². The molecule has 0 radical (unpaired) electrons. The maximum Gasteiger partial charge on any atom is 0.295 e. The van der Waals surface area contributed by atoms with E-state index < -0.39 is 10.1 Å². The molecular formula is C14H11NO3S. The van der Waals surface area contributed by atoms with Crippen LogP contribution in [0.4, 0.5) is 0 Å². The van der Waals surface area contributed by atoms with Gasteiger partial charge in [-0.05, 0) is 11.6 Å². The van der Waals surface area contributed by atoms with Crippen LogP contribution in [0.3, 0.4) is 0 Å². The molecule has 0 aliphatic carbocycles. The van der Waals surface area contributed by atoms with Crippen molar-refractivity contribution in [1.29, 1.82) is 0 Å². The van der Waals surface area contributed by atoms with Gasteiger partial charge >= 0.3 is 0 Å². The lowest BCUT2D eigenvalue weighted by atomic mass is 10.0. The van der Waals surface area contributed by atoms with Gasteiger partial charge in [0.15, 0.2) is 0 Å². The molecule has 4 nitrogen and oxygen atoms in total. The zero-order chi connectivity index (χ0) is 13.5. The van der Waals surface area contributed by atoms with Crippen molar-refractivity contribution in [3.63, 3.8) is 0 Å². The molecule has 0 amide bonds. The van der Waals surface area contributed by atoms with Gasteiger partial charge in [-0.2, -0.15) is 8.42 Å². The third kappa shape index (κ3) is 2.30. The summed E-state index contributed by atoms with van der Waals surface area (Å²) in [6, 6.07) is 15.9. The number of hydrogen-bond donors (Lipinski definition) is 1. The van der Waals surface area contributed by atoms with Crippen LogP contribution in [0.2, 0.25) is 0 Å². The molecule has 1 atom stereocenters. The molecule has 0 aromatic heterocycles. The van der Waals surface area contributed by atoms with E-state index in [1.54, 1.807) is 18.2 Å². The number of nitrogens with zero attached hydrogens (tertiary/aromatic N) is 1. The molecule has 1 heterocycles. The Morgan fingerprint density at radius 1 is 0.947 bits per heavy atom. The minimum Gasteiger partial charge on any atom is -0.282 e. The smallest absolute Gasteiger partial charge is 0.282 e. The van der Waals surface area contributed by atoms with Crippen molar-refractivity contribution in [3.8, 4) is 0 Å². The van der Waals surface area contributed by atoms with E-state index in [2.05, 4.69) is 4.99 Å². The summed E-state index contributed by atoms with van der Waals surface area (Å²) in [5.74, 6) is 0. The Labute approximate surface area is 111 Å². The summed E-state index contributed by atoms with van der Waals surface area (Å²) in [5, 5.41) is 0. The fourth-order valence-corrected chi connectivity index (χ4v) is 2.79. The van der Waals surface area contributed by atoms with Crippen LogP contribution in [0.1, 0.15) is 17.2 Å². The molecule has 1 aliphatic rings. The summed E-state index contributed by atoms with van der Waals surface area (Å²) in [4.78, 5) is 4.22. The molecular weight excluding hydrogens is 262 g/mol. The van der Waals surface area contributed by atoms with Gasteiger partial charge in [-0.1, -0.05) is 48.5 Å². The summed E-state index contributed by atoms with van der Waals surface area (Å²) in [6.07, 6.45) is 0. The zero-order valence-corrected chi connectivity index (χ0v) is 10.7. The topological polar surface area (TPSA) is 66.7 Å². The van der Waals surface area contributed by atoms with Crippen LogP contribution < -0.4 is 0 Å². The van der Waals surface area contributed by atoms with Gasteiger partial charge in [0.2, 0.25) is 0 Å². The van der Waals surface area contributed by atoms with Gasteiger partial charge in [-0.25, -0.2) is 0 Å². The SMILES string of the molecule is O=S(=O)(O)c1ccccc1C1=NC1c1ccccc1. The molecule has 0 spiro atoms. The Hall–Kier alpha value is -1.98. The molecule has 3 rings (SSSR count). The second kappa shape index (κ2) is 4.29. The lowest BCUT2D eigenvalue weighted by Gasteiger charge is -2.03. The molecule has 19 heavy (non-hydrogen) atoms. The summed E-state index contributed by atoms with van der Waals surface area (Å²) < 4.78 is 31.9. The largest absolute Gasteiger partial charge is 0.295 e. The van der Waals surface area contributed by atoms with E-state index in [9.17, 15) is 13.0 Å². The summed E-state index contributed by atoms with van der Waals surface area (Å²) in [6.45, 7) is 0. The lowest BCUT2D eigenvalue weighted by Crippen LogP contribution is -2.05. The average molecular weight is 273 g/mol. The van der Waals surface area contributed by atoms with Crippen LogP contribution in [0.25, 0.3) is 0 Å².